The van der Waals surface area contributed by atoms with E-state index in [0.29, 0.717) is 6.20 Å². The third kappa shape index (κ3) is 3.89. The lowest BCUT2D eigenvalue weighted by atomic mass is 10.2. The maximum Gasteiger partial charge on any atom is 0.417 e. The zero-order valence-electron chi connectivity index (χ0n) is 10.4. The predicted molar refractivity (Wildman–Crippen MR) is 70.1 cm³/mol. The van der Waals surface area contributed by atoms with Crippen molar-refractivity contribution in [3.8, 4) is 0 Å². The first kappa shape index (κ1) is 15.7. The number of alkyl halides is 3. The van der Waals surface area contributed by atoms with Crippen molar-refractivity contribution >= 4 is 37.5 Å². The predicted octanol–water partition coefficient (Wildman–Crippen LogP) is 1.51. The minimum atomic E-state index is -4.52. The van der Waals surface area contributed by atoms with Crippen LogP contribution in [0, 0.1) is 0 Å². The van der Waals surface area contributed by atoms with Crippen LogP contribution in [0.4, 0.5) is 13.2 Å². The van der Waals surface area contributed by atoms with Crippen LogP contribution in [0.5, 0.6) is 0 Å². The average molecular weight is 339 g/mol. The van der Waals surface area contributed by atoms with Crippen molar-refractivity contribution in [1.82, 2.24) is 15.2 Å². The molecule has 0 bridgehead atoms. The van der Waals surface area contributed by atoms with Gasteiger partial charge in [-0.2, -0.15) is 13.2 Å². The van der Waals surface area contributed by atoms with Crippen LogP contribution in [0.3, 0.4) is 0 Å². The van der Waals surface area contributed by atoms with Crippen molar-refractivity contribution < 1.29 is 26.4 Å². The first-order valence-corrected chi connectivity index (χ1v) is 8.01. The molecular formula is C10H8F3N3O3S2. The molecule has 11 heteroatoms. The lowest BCUT2D eigenvalue weighted by Crippen LogP contribution is -2.40. The summed E-state index contributed by atoms with van der Waals surface area (Å²) in [6.45, 7) is 0. The van der Waals surface area contributed by atoms with Gasteiger partial charge >= 0.3 is 6.18 Å². The molecule has 2 heterocycles. The van der Waals surface area contributed by atoms with E-state index in [4.69, 9.17) is 0 Å². The van der Waals surface area contributed by atoms with Gasteiger partial charge in [0.05, 0.1) is 26.9 Å². The van der Waals surface area contributed by atoms with Gasteiger partial charge in [-0.1, -0.05) is 0 Å². The van der Waals surface area contributed by atoms with Crippen LogP contribution in [0.1, 0.15) is 15.2 Å². The molecule has 2 N–H and O–H groups in total. The highest BCUT2D eigenvalue weighted by Gasteiger charge is 2.31. The molecule has 2 aromatic rings. The number of amides is 1. The van der Waals surface area contributed by atoms with Crippen LogP contribution in [-0.2, 0) is 16.2 Å². The summed E-state index contributed by atoms with van der Waals surface area (Å²) >= 11 is 0.777. The Balaban J connectivity index is 2.29. The van der Waals surface area contributed by atoms with Crippen molar-refractivity contribution in [1.29, 1.82) is 0 Å². The van der Waals surface area contributed by atoms with E-state index >= 15 is 0 Å². The van der Waals surface area contributed by atoms with Gasteiger partial charge in [-0.25, -0.2) is 8.42 Å². The minimum Gasteiger partial charge on any atom is -0.273 e. The summed E-state index contributed by atoms with van der Waals surface area (Å²) in [5.74, 6) is -0.781. The van der Waals surface area contributed by atoms with Crippen LogP contribution in [0.25, 0.3) is 10.2 Å². The topological polar surface area (TPSA) is 88.2 Å². The third-order valence-corrected chi connectivity index (χ3v) is 3.81. The smallest absolute Gasteiger partial charge is 0.273 e. The Labute approximate surface area is 121 Å². The average Bonchev–Trinajstić information content (AvgIpc) is 2.76. The standard InChI is InChI=1S/C10H8F3N3O3S2/c1-21(18,19)16-15-9(17)8-3-6-7(20-8)2-5(4-14-6)10(11,12)13/h2-4,16H,1H3,(H,15,17). The third-order valence-electron chi connectivity index (χ3n) is 2.27. The quantitative estimate of drug-likeness (QED) is 0.830. The molecule has 0 saturated carbocycles. The molecule has 0 saturated heterocycles. The number of rotatable bonds is 3. The van der Waals surface area contributed by atoms with Crippen molar-refractivity contribution in [3.63, 3.8) is 0 Å². The molecule has 0 radical (unpaired) electrons. The molecule has 0 unspecified atom stereocenters. The highest BCUT2D eigenvalue weighted by Crippen LogP contribution is 2.33. The number of thiophene rings is 1. The zero-order chi connectivity index (χ0) is 15.8. The Morgan fingerprint density at radius 2 is 2.00 bits per heavy atom. The second-order valence-electron chi connectivity index (χ2n) is 4.04. The summed E-state index contributed by atoms with van der Waals surface area (Å²) in [6.07, 6.45) is -3.01. The highest BCUT2D eigenvalue weighted by molar-refractivity contribution is 7.88. The number of pyridine rings is 1. The summed E-state index contributed by atoms with van der Waals surface area (Å²) in [5.41, 5.74) is 1.23. The van der Waals surface area contributed by atoms with E-state index in [1.807, 2.05) is 5.43 Å². The molecule has 0 aliphatic rings. The molecule has 114 valence electrons. The number of hydrazine groups is 1. The van der Waals surface area contributed by atoms with E-state index < -0.39 is 27.7 Å². The van der Waals surface area contributed by atoms with E-state index in [2.05, 4.69) is 4.98 Å². The van der Waals surface area contributed by atoms with Gasteiger partial charge in [-0.3, -0.25) is 15.2 Å². The number of hydrogen-bond acceptors (Lipinski definition) is 5. The second kappa shape index (κ2) is 5.24. The SMILES string of the molecule is CS(=O)(=O)NNC(=O)c1cc2ncc(C(F)(F)F)cc2s1. The summed E-state index contributed by atoms with van der Waals surface area (Å²) in [6, 6.07) is 2.16. The lowest BCUT2D eigenvalue weighted by molar-refractivity contribution is -0.137. The van der Waals surface area contributed by atoms with Gasteiger partial charge in [0.15, 0.2) is 0 Å². The van der Waals surface area contributed by atoms with Crippen molar-refractivity contribution in [2.75, 3.05) is 6.26 Å². The van der Waals surface area contributed by atoms with Crippen LogP contribution in [-0.4, -0.2) is 25.6 Å². The van der Waals surface area contributed by atoms with E-state index in [-0.39, 0.29) is 15.1 Å². The van der Waals surface area contributed by atoms with Gasteiger partial charge < -0.3 is 0 Å². The maximum absolute atomic E-state index is 12.5. The van der Waals surface area contributed by atoms with Gasteiger partial charge in [-0.15, -0.1) is 16.2 Å². The number of carbonyl (C=O) groups is 1. The molecule has 0 aliphatic carbocycles. The monoisotopic (exact) mass is 339 g/mol. The number of aromatic nitrogens is 1. The molecule has 1 amide bonds. The number of fused-ring (bicyclic) bond motifs is 1. The number of sulfonamides is 1. The highest BCUT2D eigenvalue weighted by atomic mass is 32.2. The summed E-state index contributed by atoms with van der Waals surface area (Å²) in [4.78, 5) is 17.1. The van der Waals surface area contributed by atoms with E-state index in [1.54, 1.807) is 4.83 Å². The fourth-order valence-electron chi connectivity index (χ4n) is 1.38. The van der Waals surface area contributed by atoms with Crippen molar-refractivity contribution in [2.45, 2.75) is 6.18 Å². The largest absolute Gasteiger partial charge is 0.417 e. The molecule has 0 atom stereocenters. The summed E-state index contributed by atoms with van der Waals surface area (Å²) in [5, 5.41) is 0. The van der Waals surface area contributed by atoms with Crippen molar-refractivity contribution in [2.24, 2.45) is 0 Å². The van der Waals surface area contributed by atoms with Gasteiger partial charge in [0.2, 0.25) is 10.0 Å². The summed E-state index contributed by atoms with van der Waals surface area (Å²) in [7, 11) is -3.63. The summed E-state index contributed by atoms with van der Waals surface area (Å²) < 4.78 is 59.5. The van der Waals surface area contributed by atoms with E-state index in [1.165, 1.54) is 6.07 Å². The number of carbonyl (C=O) groups excluding carboxylic acids is 1. The normalized spacial score (nSPS) is 12.6. The van der Waals surface area contributed by atoms with Crippen LogP contribution < -0.4 is 10.3 Å². The van der Waals surface area contributed by atoms with Gasteiger partial charge in [0.25, 0.3) is 5.91 Å². The van der Waals surface area contributed by atoms with E-state index in [0.717, 1.165) is 23.7 Å². The molecule has 2 aromatic heterocycles. The minimum absolute atomic E-state index is 0.0352. The van der Waals surface area contributed by atoms with Crippen LogP contribution >= 0.6 is 11.3 Å². The number of hydrogen-bond donors (Lipinski definition) is 2. The molecule has 2 rings (SSSR count). The number of nitrogens with zero attached hydrogens (tertiary/aromatic N) is 1. The molecule has 0 aromatic carbocycles. The molecule has 0 aliphatic heterocycles. The van der Waals surface area contributed by atoms with Gasteiger partial charge in [-0.05, 0) is 12.1 Å². The lowest BCUT2D eigenvalue weighted by Gasteiger charge is -2.04. The van der Waals surface area contributed by atoms with E-state index in [9.17, 15) is 26.4 Å². The Hall–Kier alpha value is -1.72. The second-order valence-corrected chi connectivity index (χ2v) is 6.88. The van der Waals surface area contributed by atoms with Gasteiger partial charge in [0, 0.05) is 6.20 Å². The Kier molecular flexibility index (Phi) is 3.91. The molecule has 0 spiro atoms. The molecule has 21 heavy (non-hydrogen) atoms. The Morgan fingerprint density at radius 3 is 2.57 bits per heavy atom. The first-order valence-electron chi connectivity index (χ1n) is 5.30. The maximum atomic E-state index is 12.5. The van der Waals surface area contributed by atoms with Crippen LogP contribution in [0.15, 0.2) is 18.3 Å². The van der Waals surface area contributed by atoms with Crippen molar-refractivity contribution in [3.05, 3.63) is 28.8 Å². The number of halogens is 3. The fraction of sp³-hybridized carbons (Fsp3) is 0.200. The Morgan fingerprint density at radius 1 is 1.33 bits per heavy atom. The first-order chi connectivity index (χ1) is 9.56. The van der Waals surface area contributed by atoms with Gasteiger partial charge in [0.1, 0.15) is 0 Å². The number of nitrogens with one attached hydrogen (secondary N) is 2. The molecular weight excluding hydrogens is 331 g/mol. The molecule has 6 nitrogen and oxygen atoms in total. The Bertz CT molecular complexity index is 799. The fourth-order valence-corrected chi connectivity index (χ4v) is 2.62. The zero-order valence-corrected chi connectivity index (χ0v) is 12.0. The molecule has 0 fully saturated rings. The van der Waals surface area contributed by atoms with Crippen LogP contribution in [0.2, 0.25) is 0 Å².